The van der Waals surface area contributed by atoms with Crippen LogP contribution in [0.5, 0.6) is 0 Å². The van der Waals surface area contributed by atoms with E-state index in [0.717, 1.165) is 30.9 Å². The maximum Gasteiger partial charge on any atom is 0.416 e. The number of ether oxygens (including phenoxy) is 4. The summed E-state index contributed by atoms with van der Waals surface area (Å²) in [4.78, 5) is 33.4. The van der Waals surface area contributed by atoms with Crippen molar-refractivity contribution in [2.24, 2.45) is 0 Å². The van der Waals surface area contributed by atoms with E-state index >= 15 is 0 Å². The summed E-state index contributed by atoms with van der Waals surface area (Å²) in [5.41, 5.74) is 3.11. The monoisotopic (exact) mass is 806 g/mol. The highest BCUT2D eigenvalue weighted by Crippen LogP contribution is 2.33. The standard InChI is InChI=1S/C42H47F3N4O7.C2H6/c1-3-49(4-2)36-13-14-38(37(29-36)39-28-34(15-16-46-39)40(51)47-30-32-9-6-12-35(27-32)42(43,44)45)48-41(52)33-11-5-8-31(26-33)10-7-18-53-20-22-55-24-25-56-23-21-54-19-17-50;1-2/h5-6,8-9,11-16,26-29,50H,3-4,17-25,30H2,1-2H3,(H,47,51)(H,48,52);1-2H3. The van der Waals surface area contributed by atoms with Gasteiger partial charge >= 0.3 is 6.18 Å². The highest BCUT2D eigenvalue weighted by Gasteiger charge is 2.30. The zero-order chi connectivity index (χ0) is 42.2. The molecule has 0 fully saturated rings. The molecule has 4 aromatic rings. The summed E-state index contributed by atoms with van der Waals surface area (Å²) in [5, 5.41) is 14.3. The molecule has 0 aliphatic rings. The Morgan fingerprint density at radius 3 is 2.10 bits per heavy atom. The number of hydrogen-bond acceptors (Lipinski definition) is 9. The molecule has 3 N–H and O–H groups in total. The van der Waals surface area contributed by atoms with Crippen molar-refractivity contribution in [2.75, 3.05) is 82.8 Å². The molecule has 0 aliphatic carbocycles. The number of carbonyl (C=O) groups excluding carboxylic acids is 2. The van der Waals surface area contributed by atoms with Crippen LogP contribution in [-0.4, -0.2) is 94.5 Å². The van der Waals surface area contributed by atoms with E-state index in [1.807, 2.05) is 39.8 Å². The molecule has 14 heteroatoms. The van der Waals surface area contributed by atoms with Crippen LogP contribution in [0.4, 0.5) is 24.5 Å². The third kappa shape index (κ3) is 15.9. The number of benzene rings is 3. The normalized spacial score (nSPS) is 10.8. The van der Waals surface area contributed by atoms with Gasteiger partial charge in [0.1, 0.15) is 6.61 Å². The van der Waals surface area contributed by atoms with Gasteiger partial charge < -0.3 is 39.6 Å². The maximum absolute atomic E-state index is 13.6. The van der Waals surface area contributed by atoms with Crippen LogP contribution >= 0.6 is 0 Å². The molecule has 0 radical (unpaired) electrons. The molecule has 0 saturated carbocycles. The fraction of sp³-hybridized carbons (Fsp3) is 0.386. The van der Waals surface area contributed by atoms with Gasteiger partial charge in [-0.05, 0) is 80.1 Å². The molecule has 11 nitrogen and oxygen atoms in total. The molecule has 0 bridgehead atoms. The Labute approximate surface area is 338 Å². The molecular formula is C44H53F3N4O7. The van der Waals surface area contributed by atoms with Crippen LogP contribution in [0, 0.1) is 11.8 Å². The van der Waals surface area contributed by atoms with E-state index in [9.17, 15) is 22.8 Å². The van der Waals surface area contributed by atoms with Crippen molar-refractivity contribution < 1.29 is 46.8 Å². The fourth-order valence-electron chi connectivity index (χ4n) is 5.42. The van der Waals surface area contributed by atoms with Gasteiger partial charge in [-0.2, -0.15) is 13.2 Å². The Morgan fingerprint density at radius 2 is 1.43 bits per heavy atom. The van der Waals surface area contributed by atoms with Crippen molar-refractivity contribution >= 4 is 23.2 Å². The lowest BCUT2D eigenvalue weighted by atomic mass is 10.0. The first-order chi connectivity index (χ1) is 28.1. The van der Waals surface area contributed by atoms with Crippen molar-refractivity contribution in [3.05, 3.63) is 113 Å². The Balaban J connectivity index is 0.00000443. The van der Waals surface area contributed by atoms with Gasteiger partial charge in [0.05, 0.1) is 69.8 Å². The molecule has 0 atom stereocenters. The predicted molar refractivity (Wildman–Crippen MR) is 219 cm³/mol. The van der Waals surface area contributed by atoms with Gasteiger partial charge in [-0.3, -0.25) is 14.6 Å². The van der Waals surface area contributed by atoms with Crippen LogP contribution < -0.4 is 15.5 Å². The third-order valence-corrected chi connectivity index (χ3v) is 8.27. The lowest BCUT2D eigenvalue weighted by molar-refractivity contribution is -0.137. The lowest BCUT2D eigenvalue weighted by Gasteiger charge is -2.23. The van der Waals surface area contributed by atoms with Gasteiger partial charge in [0.2, 0.25) is 0 Å². The van der Waals surface area contributed by atoms with E-state index in [4.69, 9.17) is 24.1 Å². The van der Waals surface area contributed by atoms with Crippen molar-refractivity contribution in [1.29, 1.82) is 0 Å². The second-order valence-electron chi connectivity index (χ2n) is 12.2. The number of nitrogens with one attached hydrogen (secondary N) is 2. The number of hydrogen-bond donors (Lipinski definition) is 3. The molecule has 1 aromatic heterocycles. The number of aliphatic hydroxyl groups excluding tert-OH is 1. The van der Waals surface area contributed by atoms with E-state index in [2.05, 4.69) is 32.4 Å². The van der Waals surface area contributed by atoms with E-state index in [1.54, 1.807) is 36.4 Å². The molecule has 1 heterocycles. The number of alkyl halides is 3. The van der Waals surface area contributed by atoms with Gasteiger partial charge in [-0.1, -0.05) is 43.9 Å². The lowest BCUT2D eigenvalue weighted by Crippen LogP contribution is -2.23. The third-order valence-electron chi connectivity index (χ3n) is 8.27. The van der Waals surface area contributed by atoms with E-state index in [0.29, 0.717) is 79.9 Å². The van der Waals surface area contributed by atoms with Gasteiger partial charge in [-0.25, -0.2) is 0 Å². The number of rotatable bonds is 21. The van der Waals surface area contributed by atoms with Gasteiger partial charge in [0, 0.05) is 53.8 Å². The molecule has 0 aliphatic heterocycles. The average molecular weight is 807 g/mol. The Kier molecular flexibility index (Phi) is 21.0. The molecule has 0 saturated heterocycles. The van der Waals surface area contributed by atoms with E-state index in [-0.39, 0.29) is 31.2 Å². The summed E-state index contributed by atoms with van der Waals surface area (Å²) in [6.07, 6.45) is -3.02. The predicted octanol–water partition coefficient (Wildman–Crippen LogP) is 7.23. The molecule has 0 unspecified atom stereocenters. The molecule has 3 aromatic carbocycles. The Morgan fingerprint density at radius 1 is 0.776 bits per heavy atom. The fourth-order valence-corrected chi connectivity index (χ4v) is 5.42. The summed E-state index contributed by atoms with van der Waals surface area (Å²) in [7, 11) is 0. The first-order valence-electron chi connectivity index (χ1n) is 19.2. The maximum atomic E-state index is 13.6. The molecular weight excluding hydrogens is 753 g/mol. The number of anilines is 2. The van der Waals surface area contributed by atoms with E-state index < -0.39 is 17.6 Å². The molecule has 4 rings (SSSR count). The summed E-state index contributed by atoms with van der Waals surface area (Å²) in [6.45, 7) is 12.3. The minimum atomic E-state index is -4.49. The van der Waals surface area contributed by atoms with E-state index in [1.165, 1.54) is 24.4 Å². The Hall–Kier alpha value is -5.30. The Bertz CT molecular complexity index is 1930. The van der Waals surface area contributed by atoms with Crippen molar-refractivity contribution in [3.63, 3.8) is 0 Å². The van der Waals surface area contributed by atoms with Crippen molar-refractivity contribution in [3.8, 4) is 23.1 Å². The van der Waals surface area contributed by atoms with Crippen molar-refractivity contribution in [1.82, 2.24) is 10.3 Å². The average Bonchev–Trinajstić information content (AvgIpc) is 3.24. The first kappa shape index (κ1) is 47.1. The summed E-state index contributed by atoms with van der Waals surface area (Å²) in [6, 6.07) is 20.4. The van der Waals surface area contributed by atoms with Crippen LogP contribution in [0.3, 0.4) is 0 Å². The van der Waals surface area contributed by atoms with Crippen molar-refractivity contribution in [2.45, 2.75) is 40.4 Å². The van der Waals surface area contributed by atoms with Crippen LogP contribution in [0.1, 0.15) is 65.1 Å². The zero-order valence-electron chi connectivity index (χ0n) is 33.5. The van der Waals surface area contributed by atoms with Crippen LogP contribution in [-0.2, 0) is 31.7 Å². The number of aliphatic hydroxyl groups is 1. The van der Waals surface area contributed by atoms with Gasteiger partial charge in [0.25, 0.3) is 11.8 Å². The second kappa shape index (κ2) is 25.9. The first-order valence-corrected chi connectivity index (χ1v) is 19.2. The van der Waals surface area contributed by atoms with Gasteiger partial charge in [0.15, 0.2) is 0 Å². The highest BCUT2D eigenvalue weighted by atomic mass is 19.4. The number of halogens is 3. The summed E-state index contributed by atoms with van der Waals surface area (Å²) in [5.74, 6) is 5.09. The van der Waals surface area contributed by atoms with Crippen LogP contribution in [0.25, 0.3) is 11.3 Å². The smallest absolute Gasteiger partial charge is 0.394 e. The number of pyridine rings is 1. The molecule has 0 spiro atoms. The van der Waals surface area contributed by atoms with Crippen LogP contribution in [0.2, 0.25) is 0 Å². The minimum Gasteiger partial charge on any atom is -0.394 e. The highest BCUT2D eigenvalue weighted by molar-refractivity contribution is 6.06. The number of nitrogens with zero attached hydrogens (tertiary/aromatic N) is 2. The SMILES string of the molecule is CC.CCN(CC)c1ccc(NC(=O)c2cccc(C#CCOCCOCCOCCOCCO)c2)c(-c2cc(C(=O)NCc3cccc(C(F)(F)F)c3)ccn2)c1. The number of aromatic nitrogens is 1. The second-order valence-corrected chi connectivity index (χ2v) is 12.2. The van der Waals surface area contributed by atoms with Crippen LogP contribution in [0.15, 0.2) is 85.1 Å². The molecule has 312 valence electrons. The topological polar surface area (TPSA) is 131 Å². The molecule has 2 amide bonds. The van der Waals surface area contributed by atoms with Gasteiger partial charge in [-0.15, -0.1) is 0 Å². The summed E-state index contributed by atoms with van der Waals surface area (Å²) < 4.78 is 61.0. The minimum absolute atomic E-state index is 0.0162. The largest absolute Gasteiger partial charge is 0.416 e. The zero-order valence-corrected chi connectivity index (χ0v) is 33.5. The number of carbonyl (C=O) groups is 2. The number of amides is 2. The molecule has 58 heavy (non-hydrogen) atoms. The quantitative estimate of drug-likeness (QED) is 0.0590. The summed E-state index contributed by atoms with van der Waals surface area (Å²) >= 11 is 0.